The Hall–Kier alpha value is -1.06. The number of rotatable bonds is 6. The lowest BCUT2D eigenvalue weighted by Crippen LogP contribution is -1.99. The molecule has 0 N–H and O–H groups in total. The first-order valence-corrected chi connectivity index (χ1v) is 8.14. The van der Waals surface area contributed by atoms with E-state index in [0.29, 0.717) is 13.0 Å². The molecule has 0 aliphatic rings. The topological polar surface area (TPSA) is 9.23 Å². The SMILES string of the molecule is CCCOc1ccc(C(Cl)Cc2ccc(F)cc2)cc1Br. The fourth-order valence-corrected chi connectivity index (χ4v) is 2.81. The van der Waals surface area contributed by atoms with E-state index >= 15 is 0 Å². The molecule has 0 aromatic heterocycles. The lowest BCUT2D eigenvalue weighted by atomic mass is 10.0. The van der Waals surface area contributed by atoms with Crippen LogP contribution in [0.4, 0.5) is 4.39 Å². The van der Waals surface area contributed by atoms with Gasteiger partial charge in [-0.1, -0.05) is 25.1 Å². The van der Waals surface area contributed by atoms with Crippen LogP contribution in [0, 0.1) is 5.82 Å². The molecule has 0 amide bonds. The van der Waals surface area contributed by atoms with Gasteiger partial charge in [0.15, 0.2) is 0 Å². The maximum absolute atomic E-state index is 12.9. The van der Waals surface area contributed by atoms with Gasteiger partial charge in [-0.2, -0.15) is 0 Å². The first-order chi connectivity index (χ1) is 10.1. The molecule has 0 aliphatic heterocycles. The molecule has 21 heavy (non-hydrogen) atoms. The summed E-state index contributed by atoms with van der Waals surface area (Å²) in [4.78, 5) is 0. The predicted molar refractivity (Wildman–Crippen MR) is 88.6 cm³/mol. The van der Waals surface area contributed by atoms with Crippen molar-refractivity contribution in [2.24, 2.45) is 0 Å². The lowest BCUT2D eigenvalue weighted by Gasteiger charge is -2.13. The fourth-order valence-electron chi connectivity index (χ4n) is 1.99. The Balaban J connectivity index is 2.06. The summed E-state index contributed by atoms with van der Waals surface area (Å²) in [5.74, 6) is 0.594. The molecule has 2 rings (SSSR count). The summed E-state index contributed by atoms with van der Waals surface area (Å²) in [7, 11) is 0. The number of alkyl halides is 1. The molecule has 0 heterocycles. The van der Waals surface area contributed by atoms with E-state index in [2.05, 4.69) is 22.9 Å². The molecule has 0 spiro atoms. The standard InChI is InChI=1S/C17H17BrClFO/c1-2-9-21-17-8-5-13(11-15(17)18)16(19)10-12-3-6-14(20)7-4-12/h3-8,11,16H,2,9-10H2,1H3. The van der Waals surface area contributed by atoms with Crippen molar-refractivity contribution in [3.63, 3.8) is 0 Å². The van der Waals surface area contributed by atoms with Crippen molar-refractivity contribution < 1.29 is 9.13 Å². The van der Waals surface area contributed by atoms with Gasteiger partial charge in [0.05, 0.1) is 16.5 Å². The average Bonchev–Trinajstić information content (AvgIpc) is 2.48. The van der Waals surface area contributed by atoms with Gasteiger partial charge in [0.1, 0.15) is 11.6 Å². The summed E-state index contributed by atoms with van der Waals surface area (Å²) < 4.78 is 19.4. The van der Waals surface area contributed by atoms with Crippen LogP contribution in [0.25, 0.3) is 0 Å². The van der Waals surface area contributed by atoms with E-state index in [1.807, 2.05) is 18.2 Å². The number of benzene rings is 2. The van der Waals surface area contributed by atoms with Crippen molar-refractivity contribution in [3.8, 4) is 5.75 Å². The zero-order valence-corrected chi connectivity index (χ0v) is 14.1. The number of ether oxygens (including phenoxy) is 1. The number of halogens is 3. The molecule has 0 radical (unpaired) electrons. The highest BCUT2D eigenvalue weighted by Gasteiger charge is 2.11. The highest BCUT2D eigenvalue weighted by molar-refractivity contribution is 9.10. The second-order valence-corrected chi connectivity index (χ2v) is 6.22. The molecule has 0 saturated carbocycles. The van der Waals surface area contributed by atoms with Gasteiger partial charge in [0.25, 0.3) is 0 Å². The zero-order valence-electron chi connectivity index (χ0n) is 11.8. The molecule has 0 fully saturated rings. The number of hydrogen-bond donors (Lipinski definition) is 0. The maximum atomic E-state index is 12.9. The highest BCUT2D eigenvalue weighted by Crippen LogP contribution is 2.32. The van der Waals surface area contributed by atoms with Crippen molar-refractivity contribution in [1.29, 1.82) is 0 Å². The Morgan fingerprint density at radius 3 is 2.52 bits per heavy atom. The van der Waals surface area contributed by atoms with Crippen molar-refractivity contribution in [1.82, 2.24) is 0 Å². The smallest absolute Gasteiger partial charge is 0.133 e. The van der Waals surface area contributed by atoms with E-state index in [4.69, 9.17) is 16.3 Å². The maximum Gasteiger partial charge on any atom is 0.133 e. The van der Waals surface area contributed by atoms with Gasteiger partial charge in [-0.25, -0.2) is 4.39 Å². The summed E-state index contributed by atoms with van der Waals surface area (Å²) in [6, 6.07) is 12.3. The van der Waals surface area contributed by atoms with Crippen LogP contribution in [0.15, 0.2) is 46.9 Å². The highest BCUT2D eigenvalue weighted by atomic mass is 79.9. The van der Waals surface area contributed by atoms with Crippen LogP contribution in [-0.4, -0.2) is 6.61 Å². The second kappa shape index (κ2) is 7.81. The molecule has 0 saturated heterocycles. The molecule has 0 aliphatic carbocycles. The Morgan fingerprint density at radius 2 is 1.90 bits per heavy atom. The first-order valence-electron chi connectivity index (χ1n) is 6.91. The van der Waals surface area contributed by atoms with Crippen LogP contribution in [0.3, 0.4) is 0 Å². The molecule has 0 bridgehead atoms. The van der Waals surface area contributed by atoms with Gasteiger partial charge in [-0.3, -0.25) is 0 Å². The molecule has 4 heteroatoms. The van der Waals surface area contributed by atoms with Crippen molar-refractivity contribution >= 4 is 27.5 Å². The molecular weight excluding hydrogens is 355 g/mol. The van der Waals surface area contributed by atoms with Crippen molar-refractivity contribution in [2.45, 2.75) is 25.1 Å². The molecule has 2 aromatic rings. The monoisotopic (exact) mass is 370 g/mol. The average molecular weight is 372 g/mol. The zero-order chi connectivity index (χ0) is 15.2. The molecule has 1 atom stereocenters. The van der Waals surface area contributed by atoms with E-state index in [0.717, 1.165) is 27.8 Å². The molecule has 1 nitrogen and oxygen atoms in total. The fraction of sp³-hybridized carbons (Fsp3) is 0.294. The summed E-state index contributed by atoms with van der Waals surface area (Å²) >= 11 is 9.96. The van der Waals surface area contributed by atoms with Gasteiger partial charge in [-0.05, 0) is 64.2 Å². The van der Waals surface area contributed by atoms with Gasteiger partial charge in [0.2, 0.25) is 0 Å². The van der Waals surface area contributed by atoms with Crippen molar-refractivity contribution in [2.75, 3.05) is 6.61 Å². The summed E-state index contributed by atoms with van der Waals surface area (Å²) in [5, 5.41) is -0.160. The Bertz CT molecular complexity index is 586. The van der Waals surface area contributed by atoms with Crippen molar-refractivity contribution in [3.05, 3.63) is 63.9 Å². The Kier molecular flexibility index (Phi) is 6.07. The van der Waals surface area contributed by atoms with Crippen LogP contribution in [0.2, 0.25) is 0 Å². The van der Waals surface area contributed by atoms with Crippen LogP contribution >= 0.6 is 27.5 Å². The van der Waals surface area contributed by atoms with Crippen LogP contribution in [-0.2, 0) is 6.42 Å². The van der Waals surface area contributed by atoms with E-state index < -0.39 is 0 Å². The minimum Gasteiger partial charge on any atom is -0.492 e. The Morgan fingerprint density at radius 1 is 1.19 bits per heavy atom. The van der Waals surface area contributed by atoms with Gasteiger partial charge >= 0.3 is 0 Å². The van der Waals surface area contributed by atoms with Gasteiger partial charge in [0, 0.05) is 0 Å². The third kappa shape index (κ3) is 4.72. The van der Waals surface area contributed by atoms with E-state index in [-0.39, 0.29) is 11.2 Å². The lowest BCUT2D eigenvalue weighted by molar-refractivity contribution is 0.315. The quantitative estimate of drug-likeness (QED) is 0.574. The summed E-state index contributed by atoms with van der Waals surface area (Å²) in [6.07, 6.45) is 1.63. The summed E-state index contributed by atoms with van der Waals surface area (Å²) in [5.41, 5.74) is 2.02. The van der Waals surface area contributed by atoms with E-state index in [1.54, 1.807) is 12.1 Å². The first kappa shape index (κ1) is 16.3. The predicted octanol–water partition coefficient (Wildman–Crippen LogP) is 5.90. The molecule has 2 aromatic carbocycles. The van der Waals surface area contributed by atoms with Crippen LogP contribution in [0.5, 0.6) is 5.75 Å². The normalized spacial score (nSPS) is 12.2. The molecule has 112 valence electrons. The largest absolute Gasteiger partial charge is 0.492 e. The Labute approximate surface area is 138 Å². The van der Waals surface area contributed by atoms with Crippen LogP contribution in [0.1, 0.15) is 29.8 Å². The molecular formula is C17H17BrClFO. The molecule has 1 unspecified atom stereocenters. The minimum atomic E-state index is -0.231. The minimum absolute atomic E-state index is 0.160. The number of hydrogen-bond acceptors (Lipinski definition) is 1. The second-order valence-electron chi connectivity index (χ2n) is 4.84. The third-order valence-electron chi connectivity index (χ3n) is 3.11. The van der Waals surface area contributed by atoms with E-state index in [9.17, 15) is 4.39 Å². The van der Waals surface area contributed by atoms with Crippen LogP contribution < -0.4 is 4.74 Å². The van der Waals surface area contributed by atoms with Gasteiger partial charge in [-0.15, -0.1) is 11.6 Å². The third-order valence-corrected chi connectivity index (χ3v) is 4.13. The summed E-state index contributed by atoms with van der Waals surface area (Å²) in [6.45, 7) is 2.76. The van der Waals surface area contributed by atoms with Gasteiger partial charge < -0.3 is 4.74 Å². The van der Waals surface area contributed by atoms with E-state index in [1.165, 1.54) is 12.1 Å².